The summed E-state index contributed by atoms with van der Waals surface area (Å²) >= 11 is 3.41. The van der Waals surface area contributed by atoms with E-state index in [1.807, 2.05) is 0 Å². The Kier molecular flexibility index (Phi) is 6.33. The summed E-state index contributed by atoms with van der Waals surface area (Å²) in [5, 5.41) is 10.5. The van der Waals surface area contributed by atoms with Crippen LogP contribution in [0.4, 0.5) is 0 Å². The number of methoxy groups -OCH3 is 1. The van der Waals surface area contributed by atoms with E-state index in [9.17, 15) is 14.7 Å². The molecule has 1 fully saturated rings. The van der Waals surface area contributed by atoms with E-state index in [1.165, 1.54) is 13.2 Å². The van der Waals surface area contributed by atoms with Crippen LogP contribution >= 0.6 is 15.9 Å². The van der Waals surface area contributed by atoms with Crippen LogP contribution in [0.3, 0.4) is 0 Å². The Morgan fingerprint density at radius 1 is 1.12 bits per heavy atom. The number of nitrogens with zero attached hydrogens (tertiary/aromatic N) is 2. The number of morpholine rings is 1. The van der Waals surface area contributed by atoms with Crippen LogP contribution in [0.15, 0.2) is 50.1 Å². The molecule has 0 saturated carbocycles. The summed E-state index contributed by atoms with van der Waals surface area (Å²) in [6, 6.07) is 9.43. The standard InChI is InChI=1S/C25H25BrN2O6/c1-32-20-13-15(3-5-18(20)29)22-21-23(30)17-14-16(26)4-6-19(17)34-24(21)25(31)28(22)8-2-7-27-9-11-33-12-10-27/h3-6,13-14,22,29H,2,7-12H2,1H3. The molecule has 3 heterocycles. The van der Waals surface area contributed by atoms with Crippen LogP contribution in [0.2, 0.25) is 0 Å². The van der Waals surface area contributed by atoms with Gasteiger partial charge in [0.2, 0.25) is 5.76 Å². The van der Waals surface area contributed by atoms with E-state index in [-0.39, 0.29) is 28.6 Å². The minimum atomic E-state index is -0.638. The summed E-state index contributed by atoms with van der Waals surface area (Å²) < 4.78 is 17.5. The third-order valence-electron chi connectivity index (χ3n) is 6.42. The predicted molar refractivity (Wildman–Crippen MR) is 130 cm³/mol. The van der Waals surface area contributed by atoms with Crippen LogP contribution in [0, 0.1) is 0 Å². The monoisotopic (exact) mass is 528 g/mol. The molecule has 1 saturated heterocycles. The molecule has 9 heteroatoms. The number of hydrogen-bond acceptors (Lipinski definition) is 7. The number of hydrogen-bond donors (Lipinski definition) is 1. The predicted octanol–water partition coefficient (Wildman–Crippen LogP) is 3.54. The summed E-state index contributed by atoms with van der Waals surface area (Å²) in [6.07, 6.45) is 0.741. The second-order valence-electron chi connectivity index (χ2n) is 8.45. The highest BCUT2D eigenvalue weighted by molar-refractivity contribution is 9.10. The molecule has 2 aliphatic rings. The van der Waals surface area contributed by atoms with Crippen molar-refractivity contribution in [2.45, 2.75) is 12.5 Å². The molecule has 1 N–H and O–H groups in total. The molecule has 8 nitrogen and oxygen atoms in total. The van der Waals surface area contributed by atoms with Gasteiger partial charge in [0.05, 0.1) is 37.3 Å². The quantitative estimate of drug-likeness (QED) is 0.523. The van der Waals surface area contributed by atoms with Gasteiger partial charge in [-0.05, 0) is 42.3 Å². The van der Waals surface area contributed by atoms with Gasteiger partial charge in [0.15, 0.2) is 16.9 Å². The van der Waals surface area contributed by atoms with E-state index in [4.69, 9.17) is 13.9 Å². The van der Waals surface area contributed by atoms with Crippen molar-refractivity contribution in [2.24, 2.45) is 0 Å². The molecule has 1 aromatic heterocycles. The number of phenols is 1. The van der Waals surface area contributed by atoms with Gasteiger partial charge in [-0.3, -0.25) is 14.5 Å². The summed E-state index contributed by atoms with van der Waals surface area (Å²) in [4.78, 5) is 31.1. The topological polar surface area (TPSA) is 92.5 Å². The molecule has 34 heavy (non-hydrogen) atoms. The first kappa shape index (κ1) is 22.9. The second-order valence-corrected chi connectivity index (χ2v) is 9.37. The van der Waals surface area contributed by atoms with Crippen molar-refractivity contribution >= 4 is 32.8 Å². The zero-order valence-corrected chi connectivity index (χ0v) is 20.3. The van der Waals surface area contributed by atoms with Gasteiger partial charge in [0, 0.05) is 30.7 Å². The second kappa shape index (κ2) is 9.40. The number of carbonyl (C=O) groups is 1. The van der Waals surface area contributed by atoms with Gasteiger partial charge in [-0.2, -0.15) is 0 Å². The van der Waals surface area contributed by atoms with Crippen LogP contribution < -0.4 is 10.2 Å². The summed E-state index contributed by atoms with van der Waals surface area (Å²) in [5.74, 6) is 0.0305. The third kappa shape index (κ3) is 4.08. The number of carbonyl (C=O) groups excluding carboxylic acids is 1. The Morgan fingerprint density at radius 2 is 1.91 bits per heavy atom. The minimum Gasteiger partial charge on any atom is -0.504 e. The molecule has 5 rings (SSSR count). The largest absolute Gasteiger partial charge is 0.504 e. The van der Waals surface area contributed by atoms with Crippen LogP contribution in [0.5, 0.6) is 11.5 Å². The smallest absolute Gasteiger partial charge is 0.290 e. The van der Waals surface area contributed by atoms with Gasteiger partial charge >= 0.3 is 0 Å². The zero-order chi connectivity index (χ0) is 23.8. The SMILES string of the molecule is COc1cc(C2c3c(oc4ccc(Br)cc4c3=O)C(=O)N2CCCN2CCOCC2)ccc1O. The molecule has 1 atom stereocenters. The number of amides is 1. The van der Waals surface area contributed by atoms with Crippen molar-refractivity contribution in [3.8, 4) is 11.5 Å². The molecule has 1 unspecified atom stereocenters. The molecule has 0 radical (unpaired) electrons. The Balaban J connectivity index is 1.56. The van der Waals surface area contributed by atoms with Crippen molar-refractivity contribution in [1.29, 1.82) is 0 Å². The number of phenolic OH excluding ortho intramolecular Hbond substituents is 1. The average Bonchev–Trinajstić information content (AvgIpc) is 3.12. The highest BCUT2D eigenvalue weighted by Crippen LogP contribution is 2.40. The van der Waals surface area contributed by atoms with E-state index >= 15 is 0 Å². The lowest BCUT2D eigenvalue weighted by Gasteiger charge is -2.29. The fraction of sp³-hybridized carbons (Fsp3) is 0.360. The molecule has 3 aromatic rings. The molecular weight excluding hydrogens is 504 g/mol. The van der Waals surface area contributed by atoms with Crippen LogP contribution in [-0.2, 0) is 4.74 Å². The van der Waals surface area contributed by atoms with E-state index < -0.39 is 6.04 Å². The van der Waals surface area contributed by atoms with Crippen LogP contribution in [0.1, 0.15) is 34.1 Å². The van der Waals surface area contributed by atoms with Crippen molar-refractivity contribution in [3.05, 3.63) is 68.0 Å². The number of benzene rings is 2. The highest BCUT2D eigenvalue weighted by atomic mass is 79.9. The lowest BCUT2D eigenvalue weighted by atomic mass is 9.98. The fourth-order valence-electron chi connectivity index (χ4n) is 4.72. The summed E-state index contributed by atoms with van der Waals surface area (Å²) in [6.45, 7) is 4.44. The maximum atomic E-state index is 13.6. The van der Waals surface area contributed by atoms with Gasteiger partial charge in [-0.1, -0.05) is 22.0 Å². The lowest BCUT2D eigenvalue weighted by molar-refractivity contribution is 0.0353. The van der Waals surface area contributed by atoms with Crippen LogP contribution in [0.25, 0.3) is 11.0 Å². The van der Waals surface area contributed by atoms with Gasteiger partial charge in [-0.15, -0.1) is 0 Å². The van der Waals surface area contributed by atoms with Crippen molar-refractivity contribution in [1.82, 2.24) is 9.80 Å². The fourth-order valence-corrected chi connectivity index (χ4v) is 5.08. The molecule has 0 aliphatic carbocycles. The van der Waals surface area contributed by atoms with E-state index in [0.717, 1.165) is 30.5 Å². The number of halogens is 1. The van der Waals surface area contributed by atoms with Gasteiger partial charge in [0.1, 0.15) is 5.58 Å². The van der Waals surface area contributed by atoms with E-state index in [2.05, 4.69) is 20.8 Å². The molecule has 1 amide bonds. The first-order valence-corrected chi connectivity index (χ1v) is 12.0. The number of fused-ring (bicyclic) bond motifs is 2. The summed E-state index contributed by atoms with van der Waals surface area (Å²) in [7, 11) is 1.46. The number of ether oxygens (including phenoxy) is 2. The molecule has 0 bridgehead atoms. The first-order valence-electron chi connectivity index (χ1n) is 11.2. The molecule has 178 valence electrons. The maximum absolute atomic E-state index is 13.6. The van der Waals surface area contributed by atoms with Gasteiger partial charge in [0.25, 0.3) is 5.91 Å². The third-order valence-corrected chi connectivity index (χ3v) is 6.92. The Morgan fingerprint density at radius 3 is 2.68 bits per heavy atom. The maximum Gasteiger partial charge on any atom is 0.290 e. The Hall–Kier alpha value is -2.88. The van der Waals surface area contributed by atoms with E-state index in [0.29, 0.717) is 41.9 Å². The zero-order valence-electron chi connectivity index (χ0n) is 18.8. The van der Waals surface area contributed by atoms with E-state index in [1.54, 1.807) is 35.2 Å². The van der Waals surface area contributed by atoms with Gasteiger partial charge in [-0.25, -0.2) is 0 Å². The minimum absolute atomic E-state index is 0.0101. The normalized spacial score (nSPS) is 18.5. The highest BCUT2D eigenvalue weighted by Gasteiger charge is 2.42. The number of aromatic hydroxyl groups is 1. The number of rotatable bonds is 6. The Labute approximate surface area is 204 Å². The average molecular weight is 529 g/mol. The summed E-state index contributed by atoms with van der Waals surface area (Å²) in [5.41, 5.74) is 1.13. The van der Waals surface area contributed by atoms with Crippen molar-refractivity contribution in [2.75, 3.05) is 46.5 Å². The lowest BCUT2D eigenvalue weighted by Crippen LogP contribution is -2.38. The molecule has 0 spiro atoms. The Bertz CT molecular complexity index is 1300. The molecule has 2 aromatic carbocycles. The van der Waals surface area contributed by atoms with Gasteiger partial charge < -0.3 is 23.9 Å². The molecular formula is C25H25BrN2O6. The van der Waals surface area contributed by atoms with Crippen molar-refractivity contribution in [3.63, 3.8) is 0 Å². The van der Waals surface area contributed by atoms with Crippen molar-refractivity contribution < 1.29 is 23.8 Å². The molecule has 2 aliphatic heterocycles. The first-order chi connectivity index (χ1) is 16.5. The van der Waals surface area contributed by atoms with Crippen LogP contribution in [-0.4, -0.2) is 67.3 Å².